The second kappa shape index (κ2) is 5.81. The number of rotatable bonds is 3. The minimum Gasteiger partial charge on any atom is -0.337 e. The molecule has 0 radical (unpaired) electrons. The van der Waals surface area contributed by atoms with Crippen molar-refractivity contribution in [2.45, 2.75) is 25.3 Å². The van der Waals surface area contributed by atoms with Crippen LogP contribution in [0.1, 0.15) is 35.3 Å². The summed E-state index contributed by atoms with van der Waals surface area (Å²) in [5, 5.41) is 8.72. The van der Waals surface area contributed by atoms with E-state index in [4.69, 9.17) is 11.0 Å². The number of carbonyl (C=O) groups excluding carboxylic acids is 1. The fourth-order valence-corrected chi connectivity index (χ4v) is 2.72. The van der Waals surface area contributed by atoms with Crippen molar-refractivity contribution < 1.29 is 4.79 Å². The van der Waals surface area contributed by atoms with E-state index in [2.05, 4.69) is 4.98 Å². The quantitative estimate of drug-likeness (QED) is 0.881. The fraction of sp³-hybridized carbons (Fsp3) is 0.500. The van der Waals surface area contributed by atoms with Crippen LogP contribution in [-0.2, 0) is 0 Å². The number of hydrogen-bond donors (Lipinski definition) is 1. The average molecular weight is 258 g/mol. The molecular weight excluding hydrogens is 240 g/mol. The molecule has 5 nitrogen and oxygen atoms in total. The largest absolute Gasteiger partial charge is 0.337 e. The lowest BCUT2D eigenvalue weighted by atomic mass is 10.0. The summed E-state index contributed by atoms with van der Waals surface area (Å²) in [7, 11) is 1.81. The topological polar surface area (TPSA) is 83.0 Å². The normalized spacial score (nSPS) is 21.9. The molecule has 0 aromatic carbocycles. The molecule has 5 heteroatoms. The van der Waals surface area contributed by atoms with Crippen molar-refractivity contribution in [1.29, 1.82) is 5.26 Å². The van der Waals surface area contributed by atoms with Gasteiger partial charge in [0.2, 0.25) is 0 Å². The molecule has 0 saturated heterocycles. The van der Waals surface area contributed by atoms with Crippen molar-refractivity contribution in [3.05, 3.63) is 29.6 Å². The molecule has 2 rings (SSSR count). The summed E-state index contributed by atoms with van der Waals surface area (Å²) >= 11 is 0. The van der Waals surface area contributed by atoms with Crippen molar-refractivity contribution in [2.24, 2.45) is 11.7 Å². The highest BCUT2D eigenvalue weighted by Crippen LogP contribution is 2.29. The predicted octanol–water partition coefficient (Wildman–Crippen LogP) is 1.15. The predicted molar refractivity (Wildman–Crippen MR) is 71.2 cm³/mol. The van der Waals surface area contributed by atoms with E-state index in [0.717, 1.165) is 19.3 Å². The van der Waals surface area contributed by atoms with E-state index in [1.807, 2.05) is 6.07 Å². The Bertz CT molecular complexity index is 491. The highest BCUT2D eigenvalue weighted by Gasteiger charge is 2.32. The van der Waals surface area contributed by atoms with Gasteiger partial charge in [-0.05, 0) is 37.4 Å². The Labute approximate surface area is 113 Å². The molecule has 1 aliphatic rings. The van der Waals surface area contributed by atoms with Crippen LogP contribution in [0, 0.1) is 17.2 Å². The van der Waals surface area contributed by atoms with E-state index in [-0.39, 0.29) is 11.9 Å². The summed E-state index contributed by atoms with van der Waals surface area (Å²) in [5.41, 5.74) is 6.59. The first kappa shape index (κ1) is 13.5. The third-order valence-electron chi connectivity index (χ3n) is 3.85. The van der Waals surface area contributed by atoms with Gasteiger partial charge in [0.1, 0.15) is 11.8 Å². The molecule has 1 aliphatic carbocycles. The van der Waals surface area contributed by atoms with Gasteiger partial charge in [0.25, 0.3) is 5.91 Å². The van der Waals surface area contributed by atoms with Gasteiger partial charge in [-0.2, -0.15) is 5.26 Å². The Morgan fingerprint density at radius 1 is 1.58 bits per heavy atom. The van der Waals surface area contributed by atoms with Gasteiger partial charge >= 0.3 is 0 Å². The maximum absolute atomic E-state index is 12.3. The van der Waals surface area contributed by atoms with Gasteiger partial charge in [-0.25, -0.2) is 4.98 Å². The monoisotopic (exact) mass is 258 g/mol. The molecule has 0 aliphatic heterocycles. The lowest BCUT2D eigenvalue weighted by molar-refractivity contribution is 0.0694. The molecule has 2 N–H and O–H groups in total. The van der Waals surface area contributed by atoms with Crippen molar-refractivity contribution in [1.82, 2.24) is 9.88 Å². The molecule has 100 valence electrons. The maximum atomic E-state index is 12.3. The van der Waals surface area contributed by atoms with E-state index in [1.165, 1.54) is 6.20 Å². The van der Waals surface area contributed by atoms with Crippen LogP contribution < -0.4 is 5.73 Å². The molecular formula is C14H18N4O. The van der Waals surface area contributed by atoms with E-state index in [9.17, 15) is 4.79 Å². The van der Waals surface area contributed by atoms with Crippen LogP contribution in [0.3, 0.4) is 0 Å². The zero-order chi connectivity index (χ0) is 13.8. The number of hydrogen-bond acceptors (Lipinski definition) is 4. The number of pyridine rings is 1. The highest BCUT2D eigenvalue weighted by atomic mass is 16.2. The third kappa shape index (κ3) is 2.74. The second-order valence-corrected chi connectivity index (χ2v) is 4.95. The van der Waals surface area contributed by atoms with Gasteiger partial charge in [0.05, 0.1) is 5.56 Å². The van der Waals surface area contributed by atoms with Crippen LogP contribution in [-0.4, -0.2) is 35.4 Å². The SMILES string of the molecule is CN(C(=O)c1ccc(C#N)cn1)C1CCCC1CN. The Hall–Kier alpha value is -1.93. The Kier molecular flexibility index (Phi) is 4.13. The van der Waals surface area contributed by atoms with Crippen molar-refractivity contribution in [3.8, 4) is 6.07 Å². The molecule has 1 aromatic heterocycles. The van der Waals surface area contributed by atoms with Crippen molar-refractivity contribution >= 4 is 5.91 Å². The standard InChI is InChI=1S/C14H18N4O/c1-18(13-4-2-3-11(13)8-16)14(19)12-6-5-10(7-15)9-17-12/h5-6,9,11,13H,2-4,8,16H2,1H3. The van der Waals surface area contributed by atoms with Gasteiger partial charge in [0.15, 0.2) is 0 Å². The number of nitrogens with two attached hydrogens (primary N) is 1. The van der Waals surface area contributed by atoms with Crippen LogP contribution >= 0.6 is 0 Å². The lowest BCUT2D eigenvalue weighted by Gasteiger charge is -2.28. The molecule has 1 saturated carbocycles. The Balaban J connectivity index is 2.12. The first-order valence-corrected chi connectivity index (χ1v) is 6.50. The van der Waals surface area contributed by atoms with Crippen molar-refractivity contribution in [2.75, 3.05) is 13.6 Å². The van der Waals surface area contributed by atoms with E-state index in [0.29, 0.717) is 23.7 Å². The van der Waals surface area contributed by atoms with Crippen LogP contribution in [0.5, 0.6) is 0 Å². The zero-order valence-corrected chi connectivity index (χ0v) is 11.0. The number of aromatic nitrogens is 1. The second-order valence-electron chi connectivity index (χ2n) is 4.95. The summed E-state index contributed by atoms with van der Waals surface area (Å²) in [5.74, 6) is 0.280. The number of carbonyl (C=O) groups is 1. The molecule has 2 atom stereocenters. The molecule has 1 amide bonds. The molecule has 2 unspecified atom stereocenters. The molecule has 0 spiro atoms. The van der Waals surface area contributed by atoms with Gasteiger partial charge in [-0.1, -0.05) is 6.42 Å². The Morgan fingerprint density at radius 2 is 2.37 bits per heavy atom. The fourth-order valence-electron chi connectivity index (χ4n) is 2.72. The van der Waals surface area contributed by atoms with Crippen LogP contribution in [0.15, 0.2) is 18.3 Å². The van der Waals surface area contributed by atoms with Gasteiger partial charge in [-0.3, -0.25) is 4.79 Å². The lowest BCUT2D eigenvalue weighted by Crippen LogP contribution is -2.41. The minimum absolute atomic E-state index is 0.102. The minimum atomic E-state index is -0.102. The summed E-state index contributed by atoms with van der Waals surface area (Å²) in [6.07, 6.45) is 4.63. The molecule has 1 fully saturated rings. The average Bonchev–Trinajstić information content (AvgIpc) is 2.94. The van der Waals surface area contributed by atoms with Gasteiger partial charge in [0, 0.05) is 19.3 Å². The van der Waals surface area contributed by atoms with E-state index >= 15 is 0 Å². The van der Waals surface area contributed by atoms with Gasteiger partial charge < -0.3 is 10.6 Å². The van der Waals surface area contributed by atoms with E-state index in [1.54, 1.807) is 24.1 Å². The maximum Gasteiger partial charge on any atom is 0.272 e. The summed E-state index contributed by atoms with van der Waals surface area (Å²) < 4.78 is 0. The highest BCUT2D eigenvalue weighted by molar-refractivity contribution is 5.92. The van der Waals surface area contributed by atoms with Crippen LogP contribution in [0.2, 0.25) is 0 Å². The third-order valence-corrected chi connectivity index (χ3v) is 3.85. The summed E-state index contributed by atoms with van der Waals surface area (Å²) in [6.45, 7) is 0.614. The molecule has 19 heavy (non-hydrogen) atoms. The number of nitrogens with zero attached hydrogens (tertiary/aromatic N) is 3. The molecule has 1 heterocycles. The van der Waals surface area contributed by atoms with Crippen LogP contribution in [0.4, 0.5) is 0 Å². The van der Waals surface area contributed by atoms with Gasteiger partial charge in [-0.15, -0.1) is 0 Å². The first-order valence-electron chi connectivity index (χ1n) is 6.50. The molecule has 1 aromatic rings. The summed E-state index contributed by atoms with van der Waals surface area (Å²) in [6, 6.07) is 5.41. The molecule has 0 bridgehead atoms. The zero-order valence-electron chi connectivity index (χ0n) is 11.0. The number of nitriles is 1. The van der Waals surface area contributed by atoms with Crippen molar-refractivity contribution in [3.63, 3.8) is 0 Å². The first-order chi connectivity index (χ1) is 9.17. The summed E-state index contributed by atoms with van der Waals surface area (Å²) in [4.78, 5) is 18.1. The van der Waals surface area contributed by atoms with Crippen LogP contribution in [0.25, 0.3) is 0 Å². The number of amides is 1. The van der Waals surface area contributed by atoms with E-state index < -0.39 is 0 Å². The smallest absolute Gasteiger partial charge is 0.272 e. The Morgan fingerprint density at radius 3 is 2.95 bits per heavy atom.